The first-order chi connectivity index (χ1) is 14.1. The number of fused-ring (bicyclic) bond motifs is 1. The number of carbonyl (C=O) groups is 1. The summed E-state index contributed by atoms with van der Waals surface area (Å²) >= 11 is 6.07. The first kappa shape index (κ1) is 19.4. The van der Waals surface area contributed by atoms with Crippen LogP contribution >= 0.6 is 11.6 Å². The molecule has 6 nitrogen and oxygen atoms in total. The van der Waals surface area contributed by atoms with Crippen molar-refractivity contribution in [3.8, 4) is 11.4 Å². The number of anilines is 2. The van der Waals surface area contributed by atoms with E-state index in [0.29, 0.717) is 16.5 Å². The van der Waals surface area contributed by atoms with E-state index in [1.165, 1.54) is 6.07 Å². The van der Waals surface area contributed by atoms with E-state index in [1.807, 2.05) is 6.07 Å². The number of benzene rings is 2. The topological polar surface area (TPSA) is 71.8 Å². The van der Waals surface area contributed by atoms with Crippen molar-refractivity contribution in [3.63, 3.8) is 0 Å². The van der Waals surface area contributed by atoms with Crippen molar-refractivity contribution in [2.45, 2.75) is 32.2 Å². The van der Waals surface area contributed by atoms with Crippen molar-refractivity contribution in [2.24, 2.45) is 0 Å². The summed E-state index contributed by atoms with van der Waals surface area (Å²) in [6, 6.07) is 11.7. The molecule has 0 atom stereocenters. The summed E-state index contributed by atoms with van der Waals surface area (Å²) in [5.41, 5.74) is 1.48. The Morgan fingerprint density at radius 1 is 1.10 bits per heavy atom. The molecule has 0 unspecified atom stereocenters. The number of carbonyl (C=O) groups excluding carboxylic acids is 1. The van der Waals surface area contributed by atoms with Crippen molar-refractivity contribution in [2.75, 3.05) is 17.2 Å². The van der Waals surface area contributed by atoms with Gasteiger partial charge in [0.15, 0.2) is 5.82 Å². The number of aromatic nitrogens is 3. The summed E-state index contributed by atoms with van der Waals surface area (Å²) < 4.78 is 16.4. The number of nitrogens with one attached hydrogen (secondary N) is 2. The fourth-order valence-corrected chi connectivity index (χ4v) is 3.64. The highest BCUT2D eigenvalue weighted by Gasteiger charge is 2.17. The third kappa shape index (κ3) is 4.40. The SMILES string of the molecule is O=C(CNc1ccccc1Cl)Nc1cc(-c2nnc3n2CCCCC3)ccc1F. The summed E-state index contributed by atoms with van der Waals surface area (Å²) in [6.07, 6.45) is 4.22. The minimum atomic E-state index is -0.504. The minimum Gasteiger partial charge on any atom is -0.375 e. The van der Waals surface area contributed by atoms with Crippen LogP contribution in [0.2, 0.25) is 5.02 Å². The number of nitrogens with zero attached hydrogens (tertiary/aromatic N) is 3. The van der Waals surface area contributed by atoms with Gasteiger partial charge in [-0.25, -0.2) is 4.39 Å². The van der Waals surface area contributed by atoms with E-state index in [2.05, 4.69) is 25.4 Å². The number of amides is 1. The lowest BCUT2D eigenvalue weighted by atomic mass is 10.1. The molecular weight excluding hydrogens is 393 g/mol. The second-order valence-corrected chi connectivity index (χ2v) is 7.39. The largest absolute Gasteiger partial charge is 0.375 e. The molecule has 0 aliphatic carbocycles. The molecule has 2 N–H and O–H groups in total. The van der Waals surface area contributed by atoms with E-state index >= 15 is 0 Å². The molecule has 3 aromatic rings. The van der Waals surface area contributed by atoms with Crippen LogP contribution in [0.3, 0.4) is 0 Å². The predicted molar refractivity (Wildman–Crippen MR) is 112 cm³/mol. The van der Waals surface area contributed by atoms with Gasteiger partial charge in [0.1, 0.15) is 11.6 Å². The Bertz CT molecular complexity index is 1040. The van der Waals surface area contributed by atoms with Crippen LogP contribution in [0.5, 0.6) is 0 Å². The third-order valence-corrected chi connectivity index (χ3v) is 5.25. The van der Waals surface area contributed by atoms with Crippen LogP contribution in [0.15, 0.2) is 42.5 Å². The normalized spacial score (nSPS) is 13.4. The van der Waals surface area contributed by atoms with Crippen LogP contribution in [0.1, 0.15) is 25.1 Å². The van der Waals surface area contributed by atoms with E-state index < -0.39 is 5.82 Å². The number of hydrogen-bond acceptors (Lipinski definition) is 4. The average Bonchev–Trinajstić information content (AvgIpc) is 2.97. The zero-order valence-corrected chi connectivity index (χ0v) is 16.5. The number of rotatable bonds is 5. The summed E-state index contributed by atoms with van der Waals surface area (Å²) in [5.74, 6) is 0.777. The van der Waals surface area contributed by atoms with Gasteiger partial charge in [0, 0.05) is 18.5 Å². The monoisotopic (exact) mass is 413 g/mol. The van der Waals surface area contributed by atoms with Crippen LogP contribution in [0, 0.1) is 5.82 Å². The highest BCUT2D eigenvalue weighted by atomic mass is 35.5. The molecule has 29 heavy (non-hydrogen) atoms. The van der Waals surface area contributed by atoms with Gasteiger partial charge in [-0.15, -0.1) is 10.2 Å². The molecule has 1 amide bonds. The van der Waals surface area contributed by atoms with Crippen LogP contribution in [0.25, 0.3) is 11.4 Å². The van der Waals surface area contributed by atoms with E-state index in [4.69, 9.17) is 11.6 Å². The van der Waals surface area contributed by atoms with Gasteiger partial charge in [-0.2, -0.15) is 0 Å². The Morgan fingerprint density at radius 3 is 2.83 bits per heavy atom. The van der Waals surface area contributed by atoms with Gasteiger partial charge in [0.05, 0.1) is 22.9 Å². The Morgan fingerprint density at radius 2 is 1.97 bits per heavy atom. The Balaban J connectivity index is 1.50. The molecule has 0 saturated heterocycles. The molecule has 1 aliphatic heterocycles. The van der Waals surface area contributed by atoms with E-state index in [-0.39, 0.29) is 18.1 Å². The maximum Gasteiger partial charge on any atom is 0.243 e. The molecule has 0 saturated carbocycles. The second kappa shape index (κ2) is 8.61. The van der Waals surface area contributed by atoms with E-state index in [9.17, 15) is 9.18 Å². The zero-order chi connectivity index (χ0) is 20.2. The van der Waals surface area contributed by atoms with Crippen LogP contribution in [-0.4, -0.2) is 27.2 Å². The van der Waals surface area contributed by atoms with Gasteiger partial charge in [0.25, 0.3) is 0 Å². The smallest absolute Gasteiger partial charge is 0.243 e. The summed E-state index contributed by atoms with van der Waals surface area (Å²) in [6.45, 7) is 0.812. The van der Waals surface area contributed by atoms with Crippen molar-refractivity contribution in [3.05, 3.63) is 59.1 Å². The summed E-state index contributed by atoms with van der Waals surface area (Å²) in [5, 5.41) is 14.7. The summed E-state index contributed by atoms with van der Waals surface area (Å²) in [4.78, 5) is 12.3. The lowest BCUT2D eigenvalue weighted by Crippen LogP contribution is -2.22. The fraction of sp³-hybridized carbons (Fsp3) is 0.286. The molecule has 2 aromatic carbocycles. The quantitative estimate of drug-likeness (QED) is 0.645. The predicted octanol–water partition coefficient (Wildman–Crippen LogP) is 4.51. The molecule has 150 valence electrons. The van der Waals surface area contributed by atoms with Gasteiger partial charge in [-0.05, 0) is 43.2 Å². The molecule has 0 spiro atoms. The first-order valence-corrected chi connectivity index (χ1v) is 10.00. The molecule has 0 fully saturated rings. The molecule has 1 aromatic heterocycles. The van der Waals surface area contributed by atoms with Crippen molar-refractivity contribution >= 4 is 28.9 Å². The van der Waals surface area contributed by atoms with E-state index in [0.717, 1.165) is 43.6 Å². The molecule has 2 heterocycles. The Kier molecular flexibility index (Phi) is 5.76. The first-order valence-electron chi connectivity index (χ1n) is 9.62. The van der Waals surface area contributed by atoms with Crippen LogP contribution in [0.4, 0.5) is 15.8 Å². The summed E-state index contributed by atoms with van der Waals surface area (Å²) in [7, 11) is 0. The number of para-hydroxylation sites is 1. The van der Waals surface area contributed by atoms with Gasteiger partial charge < -0.3 is 15.2 Å². The van der Waals surface area contributed by atoms with Crippen LogP contribution < -0.4 is 10.6 Å². The third-order valence-electron chi connectivity index (χ3n) is 4.92. The maximum absolute atomic E-state index is 14.3. The number of halogens is 2. The molecule has 1 aliphatic rings. The zero-order valence-electron chi connectivity index (χ0n) is 15.8. The van der Waals surface area contributed by atoms with Gasteiger partial charge in [-0.1, -0.05) is 30.2 Å². The van der Waals surface area contributed by atoms with Crippen molar-refractivity contribution in [1.82, 2.24) is 14.8 Å². The minimum absolute atomic E-state index is 0.0340. The molecular formula is C21H21ClFN5O. The molecule has 8 heteroatoms. The molecule has 4 rings (SSSR count). The second-order valence-electron chi connectivity index (χ2n) is 6.98. The lowest BCUT2D eigenvalue weighted by molar-refractivity contribution is -0.114. The van der Waals surface area contributed by atoms with E-state index in [1.54, 1.807) is 30.3 Å². The van der Waals surface area contributed by atoms with Crippen LogP contribution in [-0.2, 0) is 17.8 Å². The standard InChI is InChI=1S/C21H21ClFN5O/c22-15-6-3-4-7-17(15)24-13-20(29)25-18-12-14(9-10-16(18)23)21-27-26-19-8-2-1-5-11-28(19)21/h3-4,6-7,9-10,12,24H,1-2,5,8,11,13H2,(H,25,29). The number of hydrogen-bond donors (Lipinski definition) is 2. The highest BCUT2D eigenvalue weighted by Crippen LogP contribution is 2.27. The van der Waals surface area contributed by atoms with Crippen molar-refractivity contribution < 1.29 is 9.18 Å². The lowest BCUT2D eigenvalue weighted by Gasteiger charge is -2.11. The Labute approximate surface area is 173 Å². The fourth-order valence-electron chi connectivity index (χ4n) is 3.43. The maximum atomic E-state index is 14.3. The number of aryl methyl sites for hydroxylation is 1. The van der Waals surface area contributed by atoms with Gasteiger partial charge in [-0.3, -0.25) is 4.79 Å². The van der Waals surface area contributed by atoms with Gasteiger partial charge >= 0.3 is 0 Å². The average molecular weight is 414 g/mol. The molecule has 0 radical (unpaired) electrons. The van der Waals surface area contributed by atoms with Gasteiger partial charge in [0.2, 0.25) is 5.91 Å². The molecule has 0 bridgehead atoms. The Hall–Kier alpha value is -2.93. The highest BCUT2D eigenvalue weighted by molar-refractivity contribution is 6.33. The van der Waals surface area contributed by atoms with Crippen molar-refractivity contribution in [1.29, 1.82) is 0 Å².